The van der Waals surface area contributed by atoms with Crippen LogP contribution in [0.1, 0.15) is 22.5 Å². The molecule has 7 nitrogen and oxygen atoms in total. The van der Waals surface area contributed by atoms with E-state index in [-0.39, 0.29) is 11.3 Å². The van der Waals surface area contributed by atoms with Gasteiger partial charge in [-0.25, -0.2) is 4.98 Å². The lowest BCUT2D eigenvalue weighted by atomic mass is 10.2. The highest BCUT2D eigenvalue weighted by molar-refractivity contribution is 6.31. The van der Waals surface area contributed by atoms with Gasteiger partial charge in [0.25, 0.3) is 11.5 Å². The Labute approximate surface area is 160 Å². The summed E-state index contributed by atoms with van der Waals surface area (Å²) in [5.41, 5.74) is 0.210. The van der Waals surface area contributed by atoms with E-state index in [0.717, 1.165) is 0 Å². The molecule has 27 heavy (non-hydrogen) atoms. The van der Waals surface area contributed by atoms with Crippen molar-refractivity contribution in [3.8, 4) is 5.75 Å². The first-order valence-corrected chi connectivity index (χ1v) is 8.79. The quantitative estimate of drug-likeness (QED) is 0.681. The van der Waals surface area contributed by atoms with Crippen LogP contribution in [0, 0.1) is 6.92 Å². The summed E-state index contributed by atoms with van der Waals surface area (Å²) in [7, 11) is 0. The standard InChI is InChI=1S/C19H19ClN4O3/c1-13-10-16(25)17(18(26)22-15-5-2-4-14(20)11-15)19(27)24(13)8-3-7-23-9-6-21-12-23/h2,4-6,9-12,25H,3,7-8H2,1H3,(H,22,26). The maximum atomic E-state index is 12.8. The average Bonchev–Trinajstić information content (AvgIpc) is 3.11. The van der Waals surface area contributed by atoms with E-state index >= 15 is 0 Å². The third-order valence-electron chi connectivity index (χ3n) is 4.15. The van der Waals surface area contributed by atoms with E-state index in [0.29, 0.717) is 35.9 Å². The van der Waals surface area contributed by atoms with Crippen LogP contribution in [0.3, 0.4) is 0 Å². The monoisotopic (exact) mass is 386 g/mol. The number of nitrogens with one attached hydrogen (secondary N) is 1. The molecule has 0 bridgehead atoms. The number of hydrogen-bond acceptors (Lipinski definition) is 4. The van der Waals surface area contributed by atoms with Gasteiger partial charge in [0.2, 0.25) is 0 Å². The molecule has 0 aliphatic carbocycles. The number of aromatic hydroxyl groups is 1. The SMILES string of the molecule is Cc1cc(O)c(C(=O)Nc2cccc(Cl)c2)c(=O)n1CCCn1ccnc1. The van der Waals surface area contributed by atoms with Gasteiger partial charge in [0, 0.05) is 48.0 Å². The first kappa shape index (κ1) is 18.7. The lowest BCUT2D eigenvalue weighted by Gasteiger charge is -2.14. The number of aromatic nitrogens is 3. The first-order valence-electron chi connectivity index (χ1n) is 8.42. The van der Waals surface area contributed by atoms with E-state index in [1.165, 1.54) is 10.6 Å². The summed E-state index contributed by atoms with van der Waals surface area (Å²) in [5, 5.41) is 13.2. The molecule has 1 aromatic carbocycles. The summed E-state index contributed by atoms with van der Waals surface area (Å²) in [4.78, 5) is 29.3. The zero-order valence-electron chi connectivity index (χ0n) is 14.7. The van der Waals surface area contributed by atoms with Gasteiger partial charge in [-0.1, -0.05) is 17.7 Å². The van der Waals surface area contributed by atoms with Gasteiger partial charge in [-0.3, -0.25) is 9.59 Å². The minimum absolute atomic E-state index is 0.289. The molecule has 0 atom stereocenters. The fourth-order valence-electron chi connectivity index (χ4n) is 2.83. The second kappa shape index (κ2) is 8.09. The van der Waals surface area contributed by atoms with E-state index in [2.05, 4.69) is 10.3 Å². The summed E-state index contributed by atoms with van der Waals surface area (Å²) in [6.07, 6.45) is 5.92. The smallest absolute Gasteiger partial charge is 0.267 e. The zero-order valence-corrected chi connectivity index (χ0v) is 15.5. The van der Waals surface area contributed by atoms with E-state index < -0.39 is 11.5 Å². The van der Waals surface area contributed by atoms with Crippen molar-refractivity contribution in [3.63, 3.8) is 0 Å². The number of anilines is 1. The van der Waals surface area contributed by atoms with Crippen LogP contribution in [-0.2, 0) is 13.1 Å². The van der Waals surface area contributed by atoms with Gasteiger partial charge in [-0.2, -0.15) is 0 Å². The Bertz CT molecular complexity index is 1010. The van der Waals surface area contributed by atoms with Crippen molar-refractivity contribution in [3.05, 3.63) is 75.7 Å². The maximum Gasteiger partial charge on any atom is 0.267 e. The van der Waals surface area contributed by atoms with Crippen LogP contribution >= 0.6 is 11.6 Å². The van der Waals surface area contributed by atoms with Crippen LogP contribution in [0.4, 0.5) is 5.69 Å². The lowest BCUT2D eigenvalue weighted by molar-refractivity contribution is 0.102. The molecule has 140 valence electrons. The van der Waals surface area contributed by atoms with E-state index in [9.17, 15) is 14.7 Å². The predicted molar refractivity (Wildman–Crippen MR) is 103 cm³/mol. The molecule has 3 rings (SSSR count). The number of carbonyl (C=O) groups is 1. The van der Waals surface area contributed by atoms with Crippen LogP contribution in [0.15, 0.2) is 53.8 Å². The Morgan fingerprint density at radius 2 is 2.11 bits per heavy atom. The van der Waals surface area contributed by atoms with Crippen molar-refractivity contribution in [1.29, 1.82) is 0 Å². The molecule has 0 saturated heterocycles. The number of hydrogen-bond donors (Lipinski definition) is 2. The summed E-state index contributed by atoms with van der Waals surface area (Å²) >= 11 is 5.91. The van der Waals surface area contributed by atoms with Gasteiger partial charge in [0.05, 0.1) is 6.33 Å². The van der Waals surface area contributed by atoms with E-state index in [1.807, 2.05) is 10.8 Å². The molecule has 2 aromatic heterocycles. The number of imidazole rings is 1. The molecule has 0 saturated carbocycles. The molecule has 1 amide bonds. The van der Waals surface area contributed by atoms with Crippen LogP contribution in [-0.4, -0.2) is 25.1 Å². The van der Waals surface area contributed by atoms with Crippen molar-refractivity contribution in [2.45, 2.75) is 26.4 Å². The van der Waals surface area contributed by atoms with E-state index in [1.54, 1.807) is 43.7 Å². The molecule has 0 aliphatic rings. The number of halogens is 1. The average molecular weight is 387 g/mol. The second-order valence-corrected chi connectivity index (χ2v) is 6.56. The minimum Gasteiger partial charge on any atom is -0.507 e. The number of carbonyl (C=O) groups excluding carboxylic acids is 1. The van der Waals surface area contributed by atoms with Crippen molar-refractivity contribution >= 4 is 23.2 Å². The van der Waals surface area contributed by atoms with E-state index in [4.69, 9.17) is 11.6 Å². The number of pyridine rings is 1. The lowest BCUT2D eigenvalue weighted by Crippen LogP contribution is -2.31. The summed E-state index contributed by atoms with van der Waals surface area (Å²) in [6.45, 7) is 2.83. The van der Waals surface area contributed by atoms with Gasteiger partial charge < -0.3 is 19.6 Å². The Hall–Kier alpha value is -3.06. The molecule has 0 radical (unpaired) electrons. The fraction of sp³-hybridized carbons (Fsp3) is 0.211. The van der Waals surface area contributed by atoms with Gasteiger partial charge in [0.1, 0.15) is 11.3 Å². The van der Waals surface area contributed by atoms with Crippen molar-refractivity contribution < 1.29 is 9.90 Å². The highest BCUT2D eigenvalue weighted by atomic mass is 35.5. The predicted octanol–water partition coefficient (Wildman–Crippen LogP) is 3.05. The fourth-order valence-corrected chi connectivity index (χ4v) is 3.02. The van der Waals surface area contributed by atoms with Gasteiger partial charge in [-0.15, -0.1) is 0 Å². The van der Waals surface area contributed by atoms with Gasteiger partial charge >= 0.3 is 0 Å². The summed E-state index contributed by atoms with van der Waals surface area (Å²) < 4.78 is 3.40. The molecule has 0 unspecified atom stereocenters. The molecule has 0 aliphatic heterocycles. The van der Waals surface area contributed by atoms with Crippen LogP contribution in [0.25, 0.3) is 0 Å². The Kier molecular flexibility index (Phi) is 5.61. The molecule has 2 N–H and O–H groups in total. The number of benzene rings is 1. The largest absolute Gasteiger partial charge is 0.507 e. The Morgan fingerprint density at radius 3 is 2.81 bits per heavy atom. The third-order valence-corrected chi connectivity index (χ3v) is 4.39. The van der Waals surface area contributed by atoms with Crippen LogP contribution < -0.4 is 10.9 Å². The number of nitrogens with zero attached hydrogens (tertiary/aromatic N) is 3. The number of amides is 1. The normalized spacial score (nSPS) is 10.7. The van der Waals surface area contributed by atoms with Crippen molar-refractivity contribution in [2.75, 3.05) is 5.32 Å². The third kappa shape index (κ3) is 4.38. The molecule has 8 heteroatoms. The molecule has 0 spiro atoms. The molecule has 3 aromatic rings. The zero-order chi connectivity index (χ0) is 19.4. The van der Waals surface area contributed by atoms with Crippen LogP contribution in [0.2, 0.25) is 5.02 Å². The van der Waals surface area contributed by atoms with Gasteiger partial charge in [0.15, 0.2) is 0 Å². The highest BCUT2D eigenvalue weighted by Gasteiger charge is 2.19. The minimum atomic E-state index is -0.678. The summed E-state index contributed by atoms with van der Waals surface area (Å²) in [6, 6.07) is 7.99. The molecule has 2 heterocycles. The topological polar surface area (TPSA) is 89.2 Å². The summed E-state index contributed by atoms with van der Waals surface area (Å²) in [5.74, 6) is -1.02. The van der Waals surface area contributed by atoms with Crippen molar-refractivity contribution in [2.24, 2.45) is 0 Å². The maximum absolute atomic E-state index is 12.8. The molecular formula is C19H19ClN4O3. The Balaban J connectivity index is 1.82. The van der Waals surface area contributed by atoms with Crippen LogP contribution in [0.5, 0.6) is 5.75 Å². The number of rotatable bonds is 6. The van der Waals surface area contributed by atoms with Crippen molar-refractivity contribution in [1.82, 2.24) is 14.1 Å². The van der Waals surface area contributed by atoms with Gasteiger partial charge in [-0.05, 0) is 31.5 Å². The Morgan fingerprint density at radius 1 is 1.30 bits per heavy atom. The number of aryl methyl sites for hydroxylation is 2. The second-order valence-electron chi connectivity index (χ2n) is 6.12. The molecule has 0 fully saturated rings. The first-order chi connectivity index (χ1) is 13.0. The highest BCUT2D eigenvalue weighted by Crippen LogP contribution is 2.19. The molecular weight excluding hydrogens is 368 g/mol.